The lowest BCUT2D eigenvalue weighted by Crippen LogP contribution is -2.30. The van der Waals surface area contributed by atoms with Crippen LogP contribution in [-0.2, 0) is 45.1 Å². The Hall–Kier alpha value is -6.58. The number of carbonyl (C=O) groups is 3. The highest BCUT2D eigenvalue weighted by Crippen LogP contribution is 2.39. The number of amides is 3. The summed E-state index contributed by atoms with van der Waals surface area (Å²) in [5.41, 5.74) is 13.7. The number of rotatable bonds is 6. The van der Waals surface area contributed by atoms with Crippen LogP contribution < -0.4 is 31.5 Å². The second-order valence-electron chi connectivity index (χ2n) is 15.2. The summed E-state index contributed by atoms with van der Waals surface area (Å²) in [6.45, 7) is 4.83. The predicted octanol–water partition coefficient (Wildman–Crippen LogP) is 7.45. The van der Waals surface area contributed by atoms with Gasteiger partial charge < -0.3 is 31.5 Å². The van der Waals surface area contributed by atoms with Gasteiger partial charge in [-0.05, 0) is 86.3 Å². The van der Waals surface area contributed by atoms with Gasteiger partial charge in [-0.25, -0.2) is 8.78 Å². The summed E-state index contributed by atoms with van der Waals surface area (Å²) in [6, 6.07) is 20.5. The van der Waals surface area contributed by atoms with Crippen molar-refractivity contribution in [3.8, 4) is 0 Å². The number of aryl methyl sites for hydroxylation is 4. The molecule has 2 aromatic heterocycles. The Kier molecular flexibility index (Phi) is 11.7. The lowest BCUT2D eigenvalue weighted by Gasteiger charge is -2.23. The van der Waals surface area contributed by atoms with Gasteiger partial charge in [-0.1, -0.05) is 24.3 Å². The van der Waals surface area contributed by atoms with Gasteiger partial charge in [0.15, 0.2) is 0 Å². The summed E-state index contributed by atoms with van der Waals surface area (Å²) in [7, 11) is 3.69. The summed E-state index contributed by atoms with van der Waals surface area (Å²) < 4.78 is 32.4. The Morgan fingerprint density at radius 2 is 1.18 bits per heavy atom. The third-order valence-corrected chi connectivity index (χ3v) is 10.8. The minimum absolute atomic E-state index is 0. The molecular formula is C44H45ClF2N10O3. The smallest absolute Gasteiger partial charge is 0.258 e. The first kappa shape index (κ1) is 41.6. The molecule has 0 unspecified atom stereocenters. The third-order valence-electron chi connectivity index (χ3n) is 10.8. The maximum Gasteiger partial charge on any atom is 0.258 e. The van der Waals surface area contributed by atoms with E-state index in [1.807, 2.05) is 64.3 Å². The zero-order valence-electron chi connectivity index (χ0n) is 33.6. The summed E-state index contributed by atoms with van der Waals surface area (Å²) in [4.78, 5) is 41.8. The number of fused-ring (bicyclic) bond motifs is 4. The standard InChI is InChI=1S/C24H24FN5O2.C20H20FN5O.ClH/c1-14-3-8-21-20(9-14)28-22-18(12-27-29(22)2)13-30(21)24(32)16-6-7-17(19(25)10-16)11-26-23(31)15-4-5-15;1-12-3-6-18-17(7-12)24-19-15(10-23-25(19)2)11-26(18)20(27)13-4-5-14(9-22)16(21)8-13;/h3,6-10,12,15,28H,4-5,11,13H2,1-2H3,(H,26,31);3-8,10,24H,9,11,22H2,1-2H3;1H. The van der Waals surface area contributed by atoms with Gasteiger partial charge >= 0.3 is 0 Å². The van der Waals surface area contributed by atoms with E-state index >= 15 is 0 Å². The van der Waals surface area contributed by atoms with Crippen LogP contribution in [0.25, 0.3) is 0 Å². The third kappa shape index (κ3) is 8.31. The number of halogens is 3. The van der Waals surface area contributed by atoms with Crippen molar-refractivity contribution >= 4 is 64.5 Å². The molecule has 1 saturated carbocycles. The maximum atomic E-state index is 14.8. The maximum absolute atomic E-state index is 14.8. The van der Waals surface area contributed by atoms with Gasteiger partial charge in [0.1, 0.15) is 23.3 Å². The lowest BCUT2D eigenvalue weighted by atomic mass is 10.1. The molecule has 0 saturated heterocycles. The summed E-state index contributed by atoms with van der Waals surface area (Å²) >= 11 is 0. The molecule has 4 aromatic carbocycles. The number of benzene rings is 4. The fourth-order valence-electron chi connectivity index (χ4n) is 7.27. The molecule has 5 N–H and O–H groups in total. The second-order valence-corrected chi connectivity index (χ2v) is 15.2. The molecule has 60 heavy (non-hydrogen) atoms. The normalized spacial score (nSPS) is 13.7. The molecule has 2 aliphatic heterocycles. The van der Waals surface area contributed by atoms with Gasteiger partial charge in [0.05, 0.1) is 48.2 Å². The van der Waals surface area contributed by atoms with E-state index in [1.165, 1.54) is 12.1 Å². The number of nitrogens with one attached hydrogen (secondary N) is 3. The van der Waals surface area contributed by atoms with Crippen LogP contribution in [0, 0.1) is 31.4 Å². The molecule has 310 valence electrons. The van der Waals surface area contributed by atoms with E-state index in [1.54, 1.807) is 55.8 Å². The van der Waals surface area contributed by atoms with Crippen LogP contribution in [0.4, 0.5) is 43.2 Å². The van der Waals surface area contributed by atoms with E-state index in [-0.39, 0.29) is 60.3 Å². The molecule has 6 aromatic rings. The van der Waals surface area contributed by atoms with Gasteiger partial charge in [0, 0.05) is 66.5 Å². The van der Waals surface area contributed by atoms with Crippen LogP contribution in [0.15, 0.2) is 85.2 Å². The average Bonchev–Trinajstić information content (AvgIpc) is 4.00. The van der Waals surface area contributed by atoms with Crippen LogP contribution in [0.1, 0.15) is 66.9 Å². The first-order chi connectivity index (χ1) is 28.4. The summed E-state index contributed by atoms with van der Waals surface area (Å²) in [5, 5.41) is 18.1. The first-order valence-electron chi connectivity index (χ1n) is 19.3. The Balaban J connectivity index is 0.000000181. The number of nitrogens with zero attached hydrogens (tertiary/aromatic N) is 6. The number of carbonyl (C=O) groups excluding carboxylic acids is 3. The Morgan fingerprint density at radius 1 is 0.717 bits per heavy atom. The van der Waals surface area contributed by atoms with Crippen molar-refractivity contribution in [2.75, 3.05) is 20.4 Å². The van der Waals surface area contributed by atoms with Gasteiger partial charge in [-0.3, -0.25) is 23.7 Å². The van der Waals surface area contributed by atoms with Crippen molar-refractivity contribution < 1.29 is 23.2 Å². The Morgan fingerprint density at radius 3 is 1.62 bits per heavy atom. The van der Waals surface area contributed by atoms with E-state index in [4.69, 9.17) is 5.73 Å². The molecule has 9 rings (SSSR count). The molecule has 0 spiro atoms. The Bertz CT molecular complexity index is 2640. The largest absolute Gasteiger partial charge is 0.352 e. The molecule has 16 heteroatoms. The molecule has 0 radical (unpaired) electrons. The number of hydrogen-bond donors (Lipinski definition) is 4. The van der Waals surface area contributed by atoms with Crippen LogP contribution in [-0.4, -0.2) is 37.3 Å². The van der Waals surface area contributed by atoms with Crippen molar-refractivity contribution in [1.82, 2.24) is 24.9 Å². The van der Waals surface area contributed by atoms with Crippen molar-refractivity contribution in [3.63, 3.8) is 0 Å². The zero-order chi connectivity index (χ0) is 41.5. The fourth-order valence-corrected chi connectivity index (χ4v) is 7.27. The second kappa shape index (κ2) is 17.0. The van der Waals surface area contributed by atoms with E-state index in [0.29, 0.717) is 24.2 Å². The highest BCUT2D eigenvalue weighted by atomic mass is 35.5. The van der Waals surface area contributed by atoms with Gasteiger partial charge in [0.2, 0.25) is 5.91 Å². The summed E-state index contributed by atoms with van der Waals surface area (Å²) in [5.74, 6) is 0.120. The monoisotopic (exact) mass is 834 g/mol. The average molecular weight is 835 g/mol. The summed E-state index contributed by atoms with van der Waals surface area (Å²) in [6.07, 6.45) is 5.26. The van der Waals surface area contributed by atoms with Crippen LogP contribution in [0.3, 0.4) is 0 Å². The van der Waals surface area contributed by atoms with Crippen molar-refractivity contribution in [1.29, 1.82) is 0 Å². The number of anilines is 6. The zero-order valence-corrected chi connectivity index (χ0v) is 34.4. The molecule has 0 atom stereocenters. The molecule has 3 amide bonds. The van der Waals surface area contributed by atoms with E-state index in [2.05, 4.69) is 26.1 Å². The van der Waals surface area contributed by atoms with Crippen molar-refractivity contribution in [2.24, 2.45) is 25.7 Å². The molecular weight excluding hydrogens is 790 g/mol. The molecule has 4 heterocycles. The molecule has 3 aliphatic rings. The SMILES string of the molecule is Cc1ccc2c(c1)Nc1c(cnn1C)CN2C(=O)c1ccc(CN)c(F)c1.Cc1ccc2c(c1)Nc1c(cnn1C)CN2C(=O)c1ccc(CNC(=O)C2CC2)c(F)c1.Cl. The van der Waals surface area contributed by atoms with Crippen LogP contribution in [0.2, 0.25) is 0 Å². The number of aromatic nitrogens is 4. The van der Waals surface area contributed by atoms with E-state index < -0.39 is 11.6 Å². The minimum atomic E-state index is -0.508. The highest BCUT2D eigenvalue weighted by molar-refractivity contribution is 6.09. The Labute approximate surface area is 352 Å². The molecule has 1 aliphatic carbocycles. The van der Waals surface area contributed by atoms with Gasteiger partial charge in [-0.2, -0.15) is 10.2 Å². The first-order valence-corrected chi connectivity index (χ1v) is 19.3. The fraction of sp³-hybridized carbons (Fsp3) is 0.250. The van der Waals surface area contributed by atoms with Crippen molar-refractivity contribution in [2.45, 2.75) is 52.9 Å². The van der Waals surface area contributed by atoms with Crippen molar-refractivity contribution in [3.05, 3.63) is 141 Å². The van der Waals surface area contributed by atoms with E-state index in [9.17, 15) is 23.2 Å². The van der Waals surface area contributed by atoms with E-state index in [0.717, 1.165) is 69.5 Å². The topological polar surface area (TPSA) is 155 Å². The molecule has 1 fully saturated rings. The lowest BCUT2D eigenvalue weighted by molar-refractivity contribution is -0.122. The minimum Gasteiger partial charge on any atom is -0.352 e. The predicted molar refractivity (Wildman–Crippen MR) is 229 cm³/mol. The van der Waals surface area contributed by atoms with Crippen LogP contribution >= 0.6 is 12.4 Å². The van der Waals surface area contributed by atoms with Gasteiger partial charge in [0.25, 0.3) is 11.8 Å². The molecule has 13 nitrogen and oxygen atoms in total. The molecule has 0 bridgehead atoms. The van der Waals surface area contributed by atoms with Crippen LogP contribution in [0.5, 0.6) is 0 Å². The number of hydrogen-bond acceptors (Lipinski definition) is 8. The highest BCUT2D eigenvalue weighted by Gasteiger charge is 2.31. The van der Waals surface area contributed by atoms with Gasteiger partial charge in [-0.15, -0.1) is 12.4 Å². The quantitative estimate of drug-likeness (QED) is 0.135. The number of nitrogens with two attached hydrogens (primary N) is 1.